The molecule has 0 bridgehead atoms. The molecule has 2 heterocycles. The van der Waals surface area contributed by atoms with Gasteiger partial charge in [0.05, 0.1) is 12.8 Å². The monoisotopic (exact) mass is 423 g/mol. The normalized spacial score (nSPS) is 11.0. The van der Waals surface area contributed by atoms with Gasteiger partial charge >= 0.3 is 5.97 Å². The van der Waals surface area contributed by atoms with Crippen LogP contribution in [0.1, 0.15) is 28.3 Å². The van der Waals surface area contributed by atoms with Crippen molar-refractivity contribution in [2.75, 3.05) is 19.0 Å². The maximum absolute atomic E-state index is 12.1. The van der Waals surface area contributed by atoms with Gasteiger partial charge < -0.3 is 19.3 Å². The lowest BCUT2D eigenvalue weighted by Gasteiger charge is -2.10. The second-order valence-corrected chi connectivity index (χ2v) is 7.15. The molecule has 0 unspecified atom stereocenters. The predicted octanol–water partition coefficient (Wildman–Crippen LogP) is 3.90. The lowest BCUT2D eigenvalue weighted by atomic mass is 10.2. The summed E-state index contributed by atoms with van der Waals surface area (Å²) in [7, 11) is 1.52. The number of hydrogen-bond acceptors (Lipinski definition) is 6. The van der Waals surface area contributed by atoms with E-state index in [-0.39, 0.29) is 0 Å². The van der Waals surface area contributed by atoms with Gasteiger partial charge in [-0.2, -0.15) is 0 Å². The smallest absolute Gasteiger partial charge is 0.331 e. The van der Waals surface area contributed by atoms with Crippen molar-refractivity contribution in [3.63, 3.8) is 0 Å². The van der Waals surface area contributed by atoms with Gasteiger partial charge in [0.2, 0.25) is 0 Å². The van der Waals surface area contributed by atoms with E-state index < -0.39 is 18.5 Å². The summed E-state index contributed by atoms with van der Waals surface area (Å²) in [6.07, 6.45) is 2.94. The third-order valence-corrected chi connectivity index (χ3v) is 4.69. The molecule has 0 fully saturated rings. The number of carbonyl (C=O) groups excluding carboxylic acids is 2. The van der Waals surface area contributed by atoms with Crippen LogP contribution in [-0.4, -0.2) is 35.3 Å². The summed E-state index contributed by atoms with van der Waals surface area (Å²) in [5.74, 6) is 0.851. The average molecular weight is 423 g/mol. The van der Waals surface area contributed by atoms with Crippen LogP contribution in [0.15, 0.2) is 40.9 Å². The Bertz CT molecular complexity index is 1140. The number of methoxy groups -OCH3 is 1. The van der Waals surface area contributed by atoms with Crippen molar-refractivity contribution in [3.8, 4) is 11.6 Å². The highest BCUT2D eigenvalue weighted by Gasteiger charge is 2.13. The molecule has 0 aliphatic carbocycles. The number of rotatable bonds is 7. The molecule has 0 saturated carbocycles. The number of nitrogens with zero attached hydrogens (tertiary/aromatic N) is 2. The molecule has 8 nitrogen and oxygen atoms in total. The van der Waals surface area contributed by atoms with Crippen LogP contribution in [0, 0.1) is 27.7 Å². The highest BCUT2D eigenvalue weighted by molar-refractivity contribution is 5.95. The summed E-state index contributed by atoms with van der Waals surface area (Å²) in [6.45, 7) is 7.19. The van der Waals surface area contributed by atoms with Gasteiger partial charge in [-0.25, -0.2) is 4.79 Å². The minimum atomic E-state index is -0.617. The molecule has 2 aromatic heterocycles. The molecule has 3 aromatic rings. The molecule has 0 aliphatic rings. The molecule has 3 rings (SSSR count). The van der Waals surface area contributed by atoms with Crippen LogP contribution < -0.4 is 10.1 Å². The maximum atomic E-state index is 12.1. The van der Waals surface area contributed by atoms with Crippen molar-refractivity contribution in [2.45, 2.75) is 27.7 Å². The molecule has 1 aromatic carbocycles. The molecule has 8 heteroatoms. The Morgan fingerprint density at radius 1 is 1.16 bits per heavy atom. The fourth-order valence-corrected chi connectivity index (χ4v) is 3.22. The van der Waals surface area contributed by atoms with Crippen LogP contribution in [-0.2, 0) is 14.3 Å². The first-order valence-electron chi connectivity index (χ1n) is 9.70. The summed E-state index contributed by atoms with van der Waals surface area (Å²) in [4.78, 5) is 24.2. The second-order valence-electron chi connectivity index (χ2n) is 7.15. The van der Waals surface area contributed by atoms with Crippen LogP contribution >= 0.6 is 0 Å². The van der Waals surface area contributed by atoms with E-state index in [1.54, 1.807) is 18.2 Å². The van der Waals surface area contributed by atoms with Crippen LogP contribution in [0.5, 0.6) is 5.75 Å². The maximum Gasteiger partial charge on any atom is 0.331 e. The van der Waals surface area contributed by atoms with Gasteiger partial charge in [0.25, 0.3) is 5.91 Å². The zero-order valence-electron chi connectivity index (χ0n) is 18.2. The van der Waals surface area contributed by atoms with Gasteiger partial charge in [-0.3, -0.25) is 9.36 Å². The number of esters is 1. The Morgan fingerprint density at radius 2 is 1.94 bits per heavy atom. The average Bonchev–Trinajstić information content (AvgIpc) is 3.27. The molecule has 0 spiro atoms. The van der Waals surface area contributed by atoms with Crippen molar-refractivity contribution in [1.82, 2.24) is 9.72 Å². The second kappa shape index (κ2) is 9.34. The number of hydrogen-bond donors (Lipinski definition) is 1. The number of aryl methyl sites for hydroxylation is 3. The Hall–Kier alpha value is -3.81. The minimum Gasteiger partial charge on any atom is -0.495 e. The fraction of sp³-hybridized carbons (Fsp3) is 0.261. The highest BCUT2D eigenvalue weighted by atomic mass is 16.5. The number of nitrogens with one attached hydrogen (secondary N) is 1. The molecule has 0 saturated heterocycles. The van der Waals surface area contributed by atoms with E-state index in [4.69, 9.17) is 14.0 Å². The molecular weight excluding hydrogens is 398 g/mol. The largest absolute Gasteiger partial charge is 0.495 e. The van der Waals surface area contributed by atoms with Crippen LogP contribution in [0.25, 0.3) is 11.9 Å². The number of benzene rings is 1. The number of ether oxygens (including phenoxy) is 2. The van der Waals surface area contributed by atoms with Crippen molar-refractivity contribution in [3.05, 3.63) is 64.7 Å². The van der Waals surface area contributed by atoms with Crippen LogP contribution in [0.3, 0.4) is 0 Å². The predicted molar refractivity (Wildman–Crippen MR) is 116 cm³/mol. The third-order valence-electron chi connectivity index (χ3n) is 4.69. The van der Waals surface area contributed by atoms with E-state index in [0.29, 0.717) is 23.0 Å². The number of carbonyl (C=O) groups is 2. The van der Waals surface area contributed by atoms with Crippen molar-refractivity contribution in [2.24, 2.45) is 0 Å². The summed E-state index contributed by atoms with van der Waals surface area (Å²) in [5, 5.41) is 6.72. The van der Waals surface area contributed by atoms with E-state index >= 15 is 0 Å². The van der Waals surface area contributed by atoms with Gasteiger partial charge in [0.15, 0.2) is 12.4 Å². The molecule has 0 atom stereocenters. The first-order chi connectivity index (χ1) is 14.8. The van der Waals surface area contributed by atoms with Gasteiger partial charge in [-0.15, -0.1) is 0 Å². The van der Waals surface area contributed by atoms with Crippen molar-refractivity contribution >= 4 is 23.6 Å². The Kier molecular flexibility index (Phi) is 6.59. The van der Waals surface area contributed by atoms with Gasteiger partial charge in [-0.05, 0) is 63.1 Å². The van der Waals surface area contributed by atoms with E-state index in [9.17, 15) is 9.59 Å². The molecular formula is C23H25N3O5. The zero-order chi connectivity index (χ0) is 22.5. The number of aromatic nitrogens is 2. The number of anilines is 1. The molecule has 1 N–H and O–H groups in total. The highest BCUT2D eigenvalue weighted by Crippen LogP contribution is 2.25. The van der Waals surface area contributed by atoms with Crippen molar-refractivity contribution in [1.29, 1.82) is 0 Å². The summed E-state index contributed by atoms with van der Waals surface area (Å²) in [6, 6.07) is 9.19. The quantitative estimate of drug-likeness (QED) is 0.457. The first kappa shape index (κ1) is 21.9. The van der Waals surface area contributed by atoms with Crippen molar-refractivity contribution < 1.29 is 23.6 Å². The van der Waals surface area contributed by atoms with Gasteiger partial charge in [-0.1, -0.05) is 11.2 Å². The molecule has 31 heavy (non-hydrogen) atoms. The minimum absolute atomic E-state index is 0.405. The molecule has 162 valence electrons. The third kappa shape index (κ3) is 5.22. The van der Waals surface area contributed by atoms with E-state index in [1.165, 1.54) is 13.2 Å². The molecule has 1 amide bonds. The standard InChI is InChI=1S/C23H25N3O5/c1-14-6-8-20(29-5)19(10-14)24-22(27)13-30-23(28)9-7-18-11-15(2)26(17(18)4)21-12-16(3)31-25-21/h6-12H,13H2,1-5H3,(H,24,27). The summed E-state index contributed by atoms with van der Waals surface area (Å²) < 4.78 is 17.4. The lowest BCUT2D eigenvalue weighted by molar-refractivity contribution is -0.142. The Labute approximate surface area is 180 Å². The SMILES string of the molecule is COc1ccc(C)cc1NC(=O)COC(=O)C=Cc1cc(C)n(-c2cc(C)on2)c1C. The van der Waals surface area contributed by atoms with Gasteiger partial charge in [0, 0.05) is 23.5 Å². The summed E-state index contributed by atoms with van der Waals surface area (Å²) >= 11 is 0. The first-order valence-corrected chi connectivity index (χ1v) is 9.70. The Morgan fingerprint density at radius 3 is 2.61 bits per heavy atom. The number of amides is 1. The topological polar surface area (TPSA) is 95.6 Å². The van der Waals surface area contributed by atoms with Gasteiger partial charge in [0.1, 0.15) is 11.5 Å². The summed E-state index contributed by atoms with van der Waals surface area (Å²) in [5.41, 5.74) is 4.18. The Balaban J connectivity index is 1.60. The zero-order valence-corrected chi connectivity index (χ0v) is 18.2. The van der Waals surface area contributed by atoms with E-state index in [2.05, 4.69) is 10.5 Å². The van der Waals surface area contributed by atoms with Crippen LogP contribution in [0.4, 0.5) is 5.69 Å². The molecule has 0 aliphatic heterocycles. The lowest BCUT2D eigenvalue weighted by Crippen LogP contribution is -2.20. The van der Waals surface area contributed by atoms with E-state index in [0.717, 1.165) is 22.5 Å². The van der Waals surface area contributed by atoms with Crippen LogP contribution in [0.2, 0.25) is 0 Å². The van der Waals surface area contributed by atoms with E-state index in [1.807, 2.05) is 50.5 Å². The molecule has 0 radical (unpaired) electrons. The fourth-order valence-electron chi connectivity index (χ4n) is 3.22.